The van der Waals surface area contributed by atoms with E-state index in [2.05, 4.69) is 32.9 Å². The van der Waals surface area contributed by atoms with Gasteiger partial charge in [0, 0.05) is 5.92 Å². The van der Waals surface area contributed by atoms with Crippen LogP contribution in [0.15, 0.2) is 18.2 Å². The van der Waals surface area contributed by atoms with Gasteiger partial charge >= 0.3 is 0 Å². The third-order valence-corrected chi connectivity index (χ3v) is 3.61. The van der Waals surface area contributed by atoms with Crippen LogP contribution >= 0.6 is 12.2 Å². The van der Waals surface area contributed by atoms with E-state index in [9.17, 15) is 0 Å². The fraction of sp³-hybridized carbons (Fsp3) is 0.500. The first-order chi connectivity index (χ1) is 7.97. The second-order valence-corrected chi connectivity index (χ2v) is 4.90. The summed E-state index contributed by atoms with van der Waals surface area (Å²) in [6.45, 7) is 9.01. The van der Waals surface area contributed by atoms with Gasteiger partial charge < -0.3 is 10.5 Å². The van der Waals surface area contributed by atoms with Crippen LogP contribution in [-0.2, 0) is 0 Å². The van der Waals surface area contributed by atoms with Gasteiger partial charge in [0.15, 0.2) is 0 Å². The molecular formula is C14H21NOS. The maximum atomic E-state index is 5.71. The largest absolute Gasteiger partial charge is 0.494 e. The molecule has 0 radical (unpaired) electrons. The van der Waals surface area contributed by atoms with Crippen molar-refractivity contribution in [2.45, 2.75) is 33.6 Å². The number of ether oxygens (including phenoxy) is 1. The van der Waals surface area contributed by atoms with Crippen molar-refractivity contribution in [2.24, 2.45) is 11.7 Å². The molecule has 0 aliphatic heterocycles. The molecule has 0 aliphatic carbocycles. The van der Waals surface area contributed by atoms with Gasteiger partial charge in [0.05, 0.1) is 11.6 Å². The van der Waals surface area contributed by atoms with Crippen LogP contribution < -0.4 is 10.5 Å². The number of thiocarbonyl (C=S) groups is 1. The number of aryl methyl sites for hydroxylation is 1. The maximum Gasteiger partial charge on any atom is 0.119 e. The molecule has 0 bridgehead atoms. The van der Waals surface area contributed by atoms with Crippen LogP contribution in [0.25, 0.3) is 0 Å². The van der Waals surface area contributed by atoms with Crippen molar-refractivity contribution in [3.05, 3.63) is 29.3 Å². The van der Waals surface area contributed by atoms with Gasteiger partial charge in [0.2, 0.25) is 0 Å². The number of hydrogen-bond acceptors (Lipinski definition) is 2. The van der Waals surface area contributed by atoms with Gasteiger partial charge in [-0.25, -0.2) is 0 Å². The second-order valence-electron chi connectivity index (χ2n) is 4.43. The number of nitrogens with two attached hydrogens (primary N) is 1. The van der Waals surface area contributed by atoms with E-state index in [1.807, 2.05) is 13.0 Å². The van der Waals surface area contributed by atoms with Gasteiger partial charge in [-0.1, -0.05) is 32.1 Å². The highest BCUT2D eigenvalue weighted by molar-refractivity contribution is 7.80. The normalized spacial score (nSPS) is 14.1. The molecular weight excluding hydrogens is 230 g/mol. The summed E-state index contributed by atoms with van der Waals surface area (Å²) in [5.74, 6) is 1.47. The molecule has 2 atom stereocenters. The molecule has 0 aromatic heterocycles. The van der Waals surface area contributed by atoms with Crippen molar-refractivity contribution in [1.29, 1.82) is 0 Å². The van der Waals surface area contributed by atoms with E-state index in [1.165, 1.54) is 11.1 Å². The lowest BCUT2D eigenvalue weighted by Crippen LogP contribution is -2.23. The predicted molar refractivity (Wildman–Crippen MR) is 76.7 cm³/mol. The van der Waals surface area contributed by atoms with Gasteiger partial charge in [0.1, 0.15) is 5.75 Å². The third kappa shape index (κ3) is 3.43. The zero-order chi connectivity index (χ0) is 13.0. The Morgan fingerprint density at radius 1 is 1.41 bits per heavy atom. The van der Waals surface area contributed by atoms with Crippen LogP contribution in [0.5, 0.6) is 5.75 Å². The summed E-state index contributed by atoms with van der Waals surface area (Å²) in [5.41, 5.74) is 8.22. The van der Waals surface area contributed by atoms with Gasteiger partial charge in [-0.05, 0) is 43.0 Å². The number of rotatable bonds is 5. The number of hydrogen-bond donors (Lipinski definition) is 1. The molecule has 0 spiro atoms. The van der Waals surface area contributed by atoms with Crippen molar-refractivity contribution in [3.8, 4) is 5.75 Å². The minimum atomic E-state index is 0.210. The van der Waals surface area contributed by atoms with Gasteiger partial charge in [-0.15, -0.1) is 0 Å². The fourth-order valence-electron chi connectivity index (χ4n) is 1.93. The lowest BCUT2D eigenvalue weighted by Gasteiger charge is -2.21. The lowest BCUT2D eigenvalue weighted by molar-refractivity contribution is 0.340. The Morgan fingerprint density at radius 3 is 2.53 bits per heavy atom. The molecule has 0 amide bonds. The van der Waals surface area contributed by atoms with E-state index >= 15 is 0 Å². The molecule has 17 heavy (non-hydrogen) atoms. The van der Waals surface area contributed by atoms with Crippen LogP contribution in [-0.4, -0.2) is 11.6 Å². The molecule has 1 aromatic carbocycles. The first-order valence-electron chi connectivity index (χ1n) is 6.00. The van der Waals surface area contributed by atoms with E-state index in [0.29, 0.717) is 17.5 Å². The Kier molecular flexibility index (Phi) is 4.94. The topological polar surface area (TPSA) is 35.2 Å². The predicted octanol–water partition coefficient (Wildman–Crippen LogP) is 3.42. The summed E-state index contributed by atoms with van der Waals surface area (Å²) in [5, 5.41) is 0. The van der Waals surface area contributed by atoms with Gasteiger partial charge in [0.25, 0.3) is 0 Å². The highest BCUT2D eigenvalue weighted by Crippen LogP contribution is 2.29. The van der Waals surface area contributed by atoms with Gasteiger partial charge in [-0.2, -0.15) is 0 Å². The average molecular weight is 251 g/mol. The minimum Gasteiger partial charge on any atom is -0.494 e. The van der Waals surface area contributed by atoms with E-state index in [0.717, 1.165) is 5.75 Å². The van der Waals surface area contributed by atoms with Gasteiger partial charge in [-0.3, -0.25) is 0 Å². The van der Waals surface area contributed by atoms with E-state index < -0.39 is 0 Å². The summed E-state index contributed by atoms with van der Waals surface area (Å²) in [6, 6.07) is 6.19. The van der Waals surface area contributed by atoms with Crippen LogP contribution in [0.2, 0.25) is 0 Å². The zero-order valence-electron chi connectivity index (χ0n) is 11.0. The second kappa shape index (κ2) is 6.01. The van der Waals surface area contributed by atoms with E-state index in [4.69, 9.17) is 22.7 Å². The summed E-state index contributed by atoms with van der Waals surface area (Å²) in [6.07, 6.45) is 0. The van der Waals surface area contributed by atoms with Crippen LogP contribution in [0.1, 0.15) is 37.8 Å². The SMILES string of the molecule is CCOc1ccc(C(C)C(C)C(N)=S)c(C)c1. The molecule has 1 rings (SSSR count). The van der Waals surface area contributed by atoms with Crippen LogP contribution in [0.3, 0.4) is 0 Å². The Balaban J connectivity index is 2.95. The Labute approximate surface area is 109 Å². The summed E-state index contributed by atoms with van der Waals surface area (Å²) >= 11 is 5.06. The smallest absolute Gasteiger partial charge is 0.119 e. The highest BCUT2D eigenvalue weighted by Gasteiger charge is 2.18. The molecule has 0 heterocycles. The third-order valence-electron chi connectivity index (χ3n) is 3.24. The molecule has 2 unspecified atom stereocenters. The first-order valence-corrected chi connectivity index (χ1v) is 6.40. The summed E-state index contributed by atoms with van der Waals surface area (Å²) in [4.78, 5) is 0.575. The summed E-state index contributed by atoms with van der Waals surface area (Å²) < 4.78 is 5.48. The van der Waals surface area contributed by atoms with Crippen molar-refractivity contribution in [2.75, 3.05) is 6.61 Å². The fourth-order valence-corrected chi connectivity index (χ4v) is 2.14. The van der Waals surface area contributed by atoms with Crippen molar-refractivity contribution in [1.82, 2.24) is 0 Å². The molecule has 0 aliphatic rings. The molecule has 3 heteroatoms. The molecule has 2 N–H and O–H groups in total. The molecule has 0 saturated carbocycles. The molecule has 94 valence electrons. The molecule has 0 saturated heterocycles. The summed E-state index contributed by atoms with van der Waals surface area (Å²) in [7, 11) is 0. The van der Waals surface area contributed by atoms with Crippen molar-refractivity contribution < 1.29 is 4.74 Å². The lowest BCUT2D eigenvalue weighted by atomic mass is 9.86. The monoisotopic (exact) mass is 251 g/mol. The van der Waals surface area contributed by atoms with Crippen molar-refractivity contribution in [3.63, 3.8) is 0 Å². The van der Waals surface area contributed by atoms with Crippen LogP contribution in [0.4, 0.5) is 0 Å². The maximum absolute atomic E-state index is 5.71. The zero-order valence-corrected chi connectivity index (χ0v) is 11.8. The quantitative estimate of drug-likeness (QED) is 0.814. The molecule has 0 fully saturated rings. The Hall–Kier alpha value is -1.09. The van der Waals surface area contributed by atoms with E-state index in [1.54, 1.807) is 0 Å². The minimum absolute atomic E-state index is 0.210. The highest BCUT2D eigenvalue weighted by atomic mass is 32.1. The molecule has 1 aromatic rings. The Bertz CT molecular complexity index is 403. The van der Waals surface area contributed by atoms with Crippen LogP contribution in [0, 0.1) is 12.8 Å². The Morgan fingerprint density at radius 2 is 2.06 bits per heavy atom. The molecule has 2 nitrogen and oxygen atoms in total. The number of benzene rings is 1. The van der Waals surface area contributed by atoms with Crippen molar-refractivity contribution >= 4 is 17.2 Å². The first kappa shape index (κ1) is 14.0. The average Bonchev–Trinajstić information content (AvgIpc) is 2.27. The van der Waals surface area contributed by atoms with E-state index in [-0.39, 0.29) is 5.92 Å². The standard InChI is InChI=1S/C14H21NOS/c1-5-16-12-6-7-13(9(2)8-12)10(3)11(4)14(15)17/h6-8,10-11H,5H2,1-4H3,(H2,15,17).